The van der Waals surface area contributed by atoms with Gasteiger partial charge in [-0.15, -0.1) is 0 Å². The molecule has 134 valence electrons. The fraction of sp³-hybridized carbons (Fsp3) is 0.105. The number of nitrogens with zero attached hydrogens (tertiary/aromatic N) is 1. The van der Waals surface area contributed by atoms with Gasteiger partial charge < -0.3 is 9.47 Å². The zero-order chi connectivity index (χ0) is 18.7. The summed E-state index contributed by atoms with van der Waals surface area (Å²) in [6.45, 7) is 0. The quantitative estimate of drug-likeness (QED) is 0.623. The Hall–Kier alpha value is -3.06. The van der Waals surface area contributed by atoms with E-state index in [1.54, 1.807) is 30.3 Å². The third-order valence-electron chi connectivity index (χ3n) is 3.89. The molecular formula is C19H17NO5S. The zero-order valence-electron chi connectivity index (χ0n) is 14.2. The van der Waals surface area contributed by atoms with E-state index in [-0.39, 0.29) is 10.6 Å². The van der Waals surface area contributed by atoms with Crippen LogP contribution in [0.5, 0.6) is 11.5 Å². The Morgan fingerprint density at radius 1 is 0.885 bits per heavy atom. The standard InChI is InChI=1S/C19H17NO5S/c1-24-17-11-10-14(13-18(17)25-2)19(21)16-9-6-12-20(16)26(22,23)15-7-4-3-5-8-15/h3-13H,1-2H3. The van der Waals surface area contributed by atoms with Gasteiger partial charge >= 0.3 is 0 Å². The van der Waals surface area contributed by atoms with Crippen LogP contribution in [0.15, 0.2) is 71.8 Å². The van der Waals surface area contributed by atoms with Crippen molar-refractivity contribution in [2.24, 2.45) is 0 Å². The van der Waals surface area contributed by atoms with Gasteiger partial charge in [-0.05, 0) is 42.5 Å². The maximum Gasteiger partial charge on any atom is 0.268 e. The molecule has 2 aromatic carbocycles. The van der Waals surface area contributed by atoms with E-state index in [9.17, 15) is 13.2 Å². The van der Waals surface area contributed by atoms with Crippen molar-refractivity contribution in [1.29, 1.82) is 0 Å². The second-order valence-electron chi connectivity index (χ2n) is 5.41. The first-order chi connectivity index (χ1) is 12.5. The maximum atomic E-state index is 12.9. The predicted molar refractivity (Wildman–Crippen MR) is 96.4 cm³/mol. The summed E-state index contributed by atoms with van der Waals surface area (Å²) in [6.07, 6.45) is 1.36. The van der Waals surface area contributed by atoms with E-state index in [2.05, 4.69) is 0 Å². The topological polar surface area (TPSA) is 74.6 Å². The number of carbonyl (C=O) groups excluding carboxylic acids is 1. The lowest BCUT2D eigenvalue weighted by Gasteiger charge is -2.11. The average molecular weight is 371 g/mol. The molecule has 7 heteroatoms. The van der Waals surface area contributed by atoms with E-state index in [0.29, 0.717) is 17.1 Å². The second kappa shape index (κ2) is 7.05. The number of ketones is 1. The molecule has 0 unspecified atom stereocenters. The minimum absolute atomic E-state index is 0.0427. The van der Waals surface area contributed by atoms with Gasteiger partial charge in [-0.25, -0.2) is 12.4 Å². The molecule has 0 fully saturated rings. The average Bonchev–Trinajstić information content (AvgIpc) is 3.18. The summed E-state index contributed by atoms with van der Waals surface area (Å²) in [7, 11) is -0.904. The fourth-order valence-corrected chi connectivity index (χ4v) is 3.94. The van der Waals surface area contributed by atoms with Gasteiger partial charge in [0.1, 0.15) is 5.69 Å². The lowest BCUT2D eigenvalue weighted by atomic mass is 10.1. The van der Waals surface area contributed by atoms with Crippen molar-refractivity contribution >= 4 is 15.8 Å². The monoisotopic (exact) mass is 371 g/mol. The van der Waals surface area contributed by atoms with Gasteiger partial charge in [0.05, 0.1) is 19.1 Å². The number of ether oxygens (including phenoxy) is 2. The van der Waals surface area contributed by atoms with Crippen LogP contribution in [0.1, 0.15) is 16.1 Å². The molecule has 6 nitrogen and oxygen atoms in total. The zero-order valence-corrected chi connectivity index (χ0v) is 15.1. The van der Waals surface area contributed by atoms with Crippen molar-refractivity contribution in [3.63, 3.8) is 0 Å². The van der Waals surface area contributed by atoms with E-state index in [1.165, 1.54) is 50.7 Å². The second-order valence-corrected chi connectivity index (χ2v) is 7.22. The molecule has 0 atom stereocenters. The molecule has 1 heterocycles. The smallest absolute Gasteiger partial charge is 0.268 e. The van der Waals surface area contributed by atoms with Crippen LogP contribution in [-0.2, 0) is 10.0 Å². The Kier molecular flexibility index (Phi) is 4.81. The lowest BCUT2D eigenvalue weighted by molar-refractivity contribution is 0.103. The summed E-state index contributed by atoms with van der Waals surface area (Å²) >= 11 is 0. The van der Waals surface area contributed by atoms with Crippen molar-refractivity contribution in [2.75, 3.05) is 14.2 Å². The van der Waals surface area contributed by atoms with Crippen molar-refractivity contribution in [2.45, 2.75) is 4.90 Å². The first kappa shape index (κ1) is 17.8. The van der Waals surface area contributed by atoms with Crippen molar-refractivity contribution in [3.8, 4) is 11.5 Å². The predicted octanol–water partition coefficient (Wildman–Crippen LogP) is 2.97. The minimum atomic E-state index is -3.87. The Morgan fingerprint density at radius 3 is 2.23 bits per heavy atom. The molecule has 0 aliphatic carbocycles. The Morgan fingerprint density at radius 2 is 1.58 bits per heavy atom. The first-order valence-electron chi connectivity index (χ1n) is 7.73. The molecule has 0 spiro atoms. The molecule has 0 aliphatic heterocycles. The number of rotatable bonds is 6. The number of methoxy groups -OCH3 is 2. The Balaban J connectivity index is 2.05. The number of hydrogen-bond donors (Lipinski definition) is 0. The highest BCUT2D eigenvalue weighted by Gasteiger charge is 2.23. The van der Waals surface area contributed by atoms with Crippen molar-refractivity contribution < 1.29 is 22.7 Å². The van der Waals surface area contributed by atoms with Gasteiger partial charge in [0.2, 0.25) is 5.78 Å². The van der Waals surface area contributed by atoms with E-state index in [1.807, 2.05) is 0 Å². The lowest BCUT2D eigenvalue weighted by Crippen LogP contribution is -2.18. The molecule has 0 saturated heterocycles. The third-order valence-corrected chi connectivity index (χ3v) is 5.60. The summed E-state index contributed by atoms with van der Waals surface area (Å²) in [6, 6.07) is 15.6. The molecule has 26 heavy (non-hydrogen) atoms. The van der Waals surface area contributed by atoms with Crippen molar-refractivity contribution in [3.05, 3.63) is 78.1 Å². The normalized spacial score (nSPS) is 11.2. The molecule has 0 aliphatic rings. The highest BCUT2D eigenvalue weighted by molar-refractivity contribution is 7.90. The number of carbonyl (C=O) groups is 1. The molecule has 3 rings (SSSR count). The van der Waals surface area contributed by atoms with Crippen LogP contribution in [0.2, 0.25) is 0 Å². The summed E-state index contributed by atoms with van der Waals surface area (Å²) in [5.74, 6) is 0.439. The van der Waals surface area contributed by atoms with Gasteiger partial charge in [0.25, 0.3) is 10.0 Å². The summed E-state index contributed by atoms with van der Waals surface area (Å²) < 4.78 is 37.0. The van der Waals surface area contributed by atoms with Gasteiger partial charge in [-0.1, -0.05) is 18.2 Å². The Bertz CT molecular complexity index is 1040. The van der Waals surface area contributed by atoms with Crippen LogP contribution in [0.3, 0.4) is 0 Å². The Labute approximate surface area is 151 Å². The maximum absolute atomic E-state index is 12.9. The molecule has 0 bridgehead atoms. The van der Waals surface area contributed by atoms with Crippen LogP contribution in [0.25, 0.3) is 0 Å². The van der Waals surface area contributed by atoms with Crippen molar-refractivity contribution in [1.82, 2.24) is 3.97 Å². The van der Waals surface area contributed by atoms with Crippen LogP contribution in [-0.4, -0.2) is 32.4 Å². The highest BCUT2D eigenvalue weighted by Crippen LogP contribution is 2.29. The number of aromatic nitrogens is 1. The molecule has 0 saturated carbocycles. The summed E-state index contributed by atoms with van der Waals surface area (Å²) in [4.78, 5) is 13.0. The van der Waals surface area contributed by atoms with E-state index in [4.69, 9.17) is 9.47 Å². The summed E-state index contributed by atoms with van der Waals surface area (Å²) in [5.41, 5.74) is 0.340. The van der Waals surface area contributed by atoms with Gasteiger partial charge in [-0.3, -0.25) is 4.79 Å². The van der Waals surface area contributed by atoms with E-state index < -0.39 is 15.8 Å². The van der Waals surface area contributed by atoms with E-state index >= 15 is 0 Å². The van der Waals surface area contributed by atoms with Gasteiger partial charge in [0.15, 0.2) is 11.5 Å². The minimum Gasteiger partial charge on any atom is -0.493 e. The van der Waals surface area contributed by atoms with Gasteiger partial charge in [0, 0.05) is 11.8 Å². The third kappa shape index (κ3) is 3.09. The molecule has 0 N–H and O–H groups in total. The van der Waals surface area contributed by atoms with Crippen LogP contribution in [0, 0.1) is 0 Å². The van der Waals surface area contributed by atoms with E-state index in [0.717, 1.165) is 3.97 Å². The number of benzene rings is 2. The molecule has 0 amide bonds. The van der Waals surface area contributed by atoms with Crippen LogP contribution >= 0.6 is 0 Å². The molecular weight excluding hydrogens is 354 g/mol. The molecule has 0 radical (unpaired) electrons. The summed E-state index contributed by atoms with van der Waals surface area (Å²) in [5, 5.41) is 0. The number of hydrogen-bond acceptors (Lipinski definition) is 5. The molecule has 3 aromatic rings. The SMILES string of the molecule is COc1ccc(C(=O)c2cccn2S(=O)(=O)c2ccccc2)cc1OC. The van der Waals surface area contributed by atoms with Crippen LogP contribution < -0.4 is 9.47 Å². The largest absolute Gasteiger partial charge is 0.493 e. The van der Waals surface area contributed by atoms with Crippen LogP contribution in [0.4, 0.5) is 0 Å². The highest BCUT2D eigenvalue weighted by atomic mass is 32.2. The molecule has 1 aromatic heterocycles. The fourth-order valence-electron chi connectivity index (χ4n) is 2.58. The first-order valence-corrected chi connectivity index (χ1v) is 9.17. The van der Waals surface area contributed by atoms with Gasteiger partial charge in [-0.2, -0.15) is 0 Å².